The Hall–Kier alpha value is -0.580. The van der Waals surface area contributed by atoms with E-state index in [4.69, 9.17) is 34.8 Å². The van der Waals surface area contributed by atoms with Gasteiger partial charge in [-0.15, -0.1) is 0 Å². The third-order valence-corrected chi connectivity index (χ3v) is 2.64. The average molecular weight is 305 g/mol. The van der Waals surface area contributed by atoms with Crippen LogP contribution < -0.4 is 5.32 Å². The summed E-state index contributed by atoms with van der Waals surface area (Å²) in [7, 11) is 0. The fourth-order valence-electron chi connectivity index (χ4n) is 1.08. The molecule has 0 aromatic heterocycles. The van der Waals surface area contributed by atoms with E-state index in [1.165, 1.54) is 6.07 Å². The van der Waals surface area contributed by atoms with Crippen LogP contribution in [0.25, 0.3) is 0 Å². The summed E-state index contributed by atoms with van der Waals surface area (Å²) in [6.45, 7) is 0.128. The molecule has 94 valence electrons. The molecule has 0 spiro atoms. The van der Waals surface area contributed by atoms with Gasteiger partial charge in [0.25, 0.3) is 0 Å². The molecule has 0 saturated heterocycles. The molecule has 0 saturated carbocycles. The maximum absolute atomic E-state index is 12.5. The van der Waals surface area contributed by atoms with Crippen LogP contribution in [-0.4, -0.2) is 6.54 Å². The fourth-order valence-corrected chi connectivity index (χ4v) is 1.46. The molecule has 7 heteroatoms. The van der Waals surface area contributed by atoms with Gasteiger partial charge in [-0.1, -0.05) is 34.8 Å². The summed E-state index contributed by atoms with van der Waals surface area (Å²) in [6.07, 6.45) is -4.44. The largest absolute Gasteiger partial charge is 0.416 e. The van der Waals surface area contributed by atoms with Gasteiger partial charge >= 0.3 is 6.18 Å². The Kier molecular flexibility index (Phi) is 4.98. The summed E-state index contributed by atoms with van der Waals surface area (Å²) in [6, 6.07) is 3.17. The minimum atomic E-state index is -4.44. The molecule has 0 atom stereocenters. The second kappa shape index (κ2) is 5.85. The first-order chi connectivity index (χ1) is 7.82. The number of nitrogens with one attached hydrogen (secondary N) is 1. The molecule has 0 aliphatic carbocycles. The standard InChI is InChI=1S/C10H7Cl3F3N/c11-4-8(13)5-17-9-2-6(10(14,15)16)1-7(12)3-9/h1-4,17H,5H2/b8-4-. The molecule has 0 bridgehead atoms. The second-order valence-electron chi connectivity index (χ2n) is 3.14. The van der Waals surface area contributed by atoms with Gasteiger partial charge in [0.05, 0.1) is 12.1 Å². The van der Waals surface area contributed by atoms with Gasteiger partial charge in [-0.05, 0) is 18.2 Å². The van der Waals surface area contributed by atoms with E-state index in [1.54, 1.807) is 0 Å². The summed E-state index contributed by atoms with van der Waals surface area (Å²) in [5.74, 6) is 0. The molecule has 0 heterocycles. The molecular formula is C10H7Cl3F3N. The summed E-state index contributed by atoms with van der Waals surface area (Å²) in [5, 5.41) is 2.95. The number of hydrogen-bond acceptors (Lipinski definition) is 1. The molecule has 0 aliphatic heterocycles. The molecule has 1 rings (SSSR count). The molecule has 0 unspecified atom stereocenters. The zero-order valence-electron chi connectivity index (χ0n) is 8.28. The summed E-state index contributed by atoms with van der Waals surface area (Å²) < 4.78 is 37.4. The number of rotatable bonds is 3. The van der Waals surface area contributed by atoms with E-state index in [-0.39, 0.29) is 22.3 Å². The Morgan fingerprint density at radius 3 is 2.47 bits per heavy atom. The van der Waals surface area contributed by atoms with Crippen molar-refractivity contribution in [2.75, 3.05) is 11.9 Å². The van der Waals surface area contributed by atoms with Crippen molar-refractivity contribution in [3.05, 3.63) is 39.4 Å². The lowest BCUT2D eigenvalue weighted by molar-refractivity contribution is -0.137. The van der Waals surface area contributed by atoms with Crippen molar-refractivity contribution in [3.63, 3.8) is 0 Å². The SMILES string of the molecule is FC(F)(F)c1cc(Cl)cc(NC/C(Cl)=C/Cl)c1. The molecule has 0 amide bonds. The van der Waals surface area contributed by atoms with Gasteiger partial charge < -0.3 is 5.32 Å². The molecule has 1 N–H and O–H groups in total. The van der Waals surface area contributed by atoms with Gasteiger partial charge in [-0.2, -0.15) is 13.2 Å². The first kappa shape index (κ1) is 14.5. The van der Waals surface area contributed by atoms with Crippen LogP contribution in [0.2, 0.25) is 5.02 Å². The zero-order chi connectivity index (χ0) is 13.1. The molecule has 17 heavy (non-hydrogen) atoms. The van der Waals surface area contributed by atoms with Crippen LogP contribution in [0.1, 0.15) is 5.56 Å². The van der Waals surface area contributed by atoms with E-state index in [9.17, 15) is 13.2 Å². The predicted molar refractivity (Wildman–Crippen MR) is 64.7 cm³/mol. The van der Waals surface area contributed by atoms with E-state index in [0.29, 0.717) is 0 Å². The minimum Gasteiger partial charge on any atom is -0.380 e. The molecule has 1 aromatic rings. The predicted octanol–water partition coefficient (Wildman–Crippen LogP) is 5.09. The highest BCUT2D eigenvalue weighted by molar-refractivity contribution is 6.36. The van der Waals surface area contributed by atoms with E-state index < -0.39 is 11.7 Å². The van der Waals surface area contributed by atoms with Gasteiger partial charge in [-0.3, -0.25) is 0 Å². The monoisotopic (exact) mass is 303 g/mol. The lowest BCUT2D eigenvalue weighted by Gasteiger charge is -2.11. The lowest BCUT2D eigenvalue weighted by Crippen LogP contribution is -2.07. The highest BCUT2D eigenvalue weighted by Gasteiger charge is 2.31. The zero-order valence-corrected chi connectivity index (χ0v) is 10.6. The lowest BCUT2D eigenvalue weighted by atomic mass is 10.2. The molecule has 1 aromatic carbocycles. The molecular weight excluding hydrogens is 297 g/mol. The maximum atomic E-state index is 12.5. The summed E-state index contributed by atoms with van der Waals surface area (Å²) >= 11 is 16.5. The van der Waals surface area contributed by atoms with Crippen LogP contribution in [-0.2, 0) is 6.18 Å². The van der Waals surface area contributed by atoms with Crippen LogP contribution in [0.15, 0.2) is 28.8 Å². The molecule has 0 radical (unpaired) electrons. The highest BCUT2D eigenvalue weighted by Crippen LogP contribution is 2.33. The number of anilines is 1. The quantitative estimate of drug-likeness (QED) is 0.820. The summed E-state index contributed by atoms with van der Waals surface area (Å²) in [4.78, 5) is 0. The van der Waals surface area contributed by atoms with Crippen LogP contribution in [0.3, 0.4) is 0 Å². The number of benzene rings is 1. The third-order valence-electron chi connectivity index (χ3n) is 1.80. The van der Waals surface area contributed by atoms with Crippen LogP contribution in [0.4, 0.5) is 18.9 Å². The van der Waals surface area contributed by atoms with Crippen molar-refractivity contribution in [1.82, 2.24) is 0 Å². The first-order valence-electron chi connectivity index (χ1n) is 4.39. The Morgan fingerprint density at radius 1 is 1.29 bits per heavy atom. The van der Waals surface area contributed by atoms with Crippen LogP contribution in [0, 0.1) is 0 Å². The molecule has 0 aliphatic rings. The van der Waals surface area contributed by atoms with Crippen molar-refractivity contribution < 1.29 is 13.2 Å². The molecule has 1 nitrogen and oxygen atoms in total. The Balaban J connectivity index is 2.91. The second-order valence-corrected chi connectivity index (χ2v) is 4.28. The third kappa shape index (κ3) is 4.66. The number of alkyl halides is 3. The number of halogens is 6. The van der Waals surface area contributed by atoms with Crippen LogP contribution in [0.5, 0.6) is 0 Å². The fraction of sp³-hybridized carbons (Fsp3) is 0.200. The van der Waals surface area contributed by atoms with Crippen molar-refractivity contribution in [2.24, 2.45) is 0 Å². The van der Waals surface area contributed by atoms with Gasteiger partial charge in [0, 0.05) is 21.3 Å². The van der Waals surface area contributed by atoms with Crippen molar-refractivity contribution >= 4 is 40.5 Å². The van der Waals surface area contributed by atoms with E-state index >= 15 is 0 Å². The average Bonchev–Trinajstić information content (AvgIpc) is 2.24. The van der Waals surface area contributed by atoms with Gasteiger partial charge in [-0.25, -0.2) is 0 Å². The summed E-state index contributed by atoms with van der Waals surface area (Å²) in [5.41, 5.74) is 0.531. The first-order valence-corrected chi connectivity index (χ1v) is 5.58. The van der Waals surface area contributed by atoms with Gasteiger partial charge in [0.1, 0.15) is 0 Å². The Labute approximate surface area is 111 Å². The van der Waals surface area contributed by atoms with Crippen LogP contribution >= 0.6 is 34.8 Å². The normalized spacial score (nSPS) is 12.7. The van der Waals surface area contributed by atoms with Crippen molar-refractivity contribution in [3.8, 4) is 0 Å². The molecule has 0 fully saturated rings. The highest BCUT2D eigenvalue weighted by atomic mass is 35.5. The Morgan fingerprint density at radius 2 is 1.94 bits per heavy atom. The van der Waals surface area contributed by atoms with E-state index in [0.717, 1.165) is 17.7 Å². The Bertz CT molecular complexity index is 429. The van der Waals surface area contributed by atoms with Gasteiger partial charge in [0.15, 0.2) is 0 Å². The van der Waals surface area contributed by atoms with E-state index in [2.05, 4.69) is 5.32 Å². The minimum absolute atomic E-state index is 0.00620. The smallest absolute Gasteiger partial charge is 0.380 e. The van der Waals surface area contributed by atoms with E-state index in [1.807, 2.05) is 0 Å². The van der Waals surface area contributed by atoms with Gasteiger partial charge in [0.2, 0.25) is 0 Å². The maximum Gasteiger partial charge on any atom is 0.416 e. The van der Waals surface area contributed by atoms with Crippen molar-refractivity contribution in [2.45, 2.75) is 6.18 Å². The topological polar surface area (TPSA) is 12.0 Å². The van der Waals surface area contributed by atoms with Crippen molar-refractivity contribution in [1.29, 1.82) is 0 Å². The number of hydrogen-bond donors (Lipinski definition) is 1.